The van der Waals surface area contributed by atoms with Crippen LogP contribution in [0.3, 0.4) is 0 Å². The van der Waals surface area contributed by atoms with Gasteiger partial charge in [-0.3, -0.25) is 9.35 Å². The normalized spacial score (nSPS) is 15.2. The Morgan fingerprint density at radius 2 is 1.33 bits per heavy atom. The van der Waals surface area contributed by atoms with Crippen LogP contribution in [0.1, 0.15) is 0 Å². The first kappa shape index (κ1) is 32.2. The molecule has 0 spiro atoms. The molecule has 0 bridgehead atoms. The summed E-state index contributed by atoms with van der Waals surface area (Å²) in [6, 6.07) is 24.7. The molecule has 6 rings (SSSR count). The highest BCUT2D eigenvalue weighted by atomic mass is 32.2. The van der Waals surface area contributed by atoms with Gasteiger partial charge in [-0.2, -0.15) is 39.0 Å². The summed E-state index contributed by atoms with van der Waals surface area (Å²) in [4.78, 5) is 23.9. The first-order chi connectivity index (χ1) is 23.5. The van der Waals surface area contributed by atoms with E-state index in [1.807, 2.05) is 0 Å². The Labute approximate surface area is 276 Å². The number of carbonyl (C=O) groups is 2. The zero-order chi connectivity index (χ0) is 34.7. The maximum Gasteiger partial charge on any atom is 0.355 e. The molecular weight excluding hydrogens is 656 g/mol. The monoisotopic (exact) mass is 678 g/mol. The van der Waals surface area contributed by atoms with E-state index in [2.05, 4.69) is 35.8 Å². The molecule has 1 aliphatic rings. The zero-order valence-electron chi connectivity index (χ0n) is 24.8. The third-order valence-electron chi connectivity index (χ3n) is 7.01. The quantitative estimate of drug-likeness (QED) is 0.0910. The fraction of sp³-hybridized carbons (Fsp3) is 0.0312. The lowest BCUT2D eigenvalue weighted by Crippen LogP contribution is -2.32. The number of azo groups is 3. The molecule has 1 heterocycles. The molecule has 16 nitrogen and oxygen atoms in total. The van der Waals surface area contributed by atoms with Crippen molar-refractivity contribution in [1.82, 2.24) is 0 Å². The van der Waals surface area contributed by atoms with E-state index in [0.29, 0.717) is 17.1 Å². The molecule has 5 aromatic carbocycles. The van der Waals surface area contributed by atoms with Gasteiger partial charge >= 0.3 is 5.97 Å². The minimum absolute atomic E-state index is 0.0543. The molecular formula is C32H22N8O8S. The lowest BCUT2D eigenvalue weighted by atomic mass is 10.1. The number of hydrazone groups is 1. The van der Waals surface area contributed by atoms with Crippen molar-refractivity contribution >= 4 is 72.6 Å². The molecule has 4 N–H and O–H groups in total. The van der Waals surface area contributed by atoms with Gasteiger partial charge in [-0.05, 0) is 66.0 Å². The Hall–Kier alpha value is -6.72. The average Bonchev–Trinajstić information content (AvgIpc) is 3.43. The van der Waals surface area contributed by atoms with E-state index < -0.39 is 55.8 Å². The van der Waals surface area contributed by atoms with Gasteiger partial charge < -0.3 is 15.3 Å². The third-order valence-corrected chi connectivity index (χ3v) is 7.88. The number of phenolic OH excluding ortho intramolecular Hbond substituents is 2. The Morgan fingerprint density at radius 1 is 0.735 bits per heavy atom. The number of nitrogens with zero attached hydrogens (tertiary/aromatic N) is 8. The lowest BCUT2D eigenvalue weighted by molar-refractivity contribution is -0.130. The average molecular weight is 679 g/mol. The molecule has 0 aromatic heterocycles. The maximum atomic E-state index is 12.9. The van der Waals surface area contributed by atoms with Gasteiger partial charge in [0.2, 0.25) is 6.04 Å². The highest BCUT2D eigenvalue weighted by Crippen LogP contribution is 2.47. The van der Waals surface area contributed by atoms with E-state index in [1.54, 1.807) is 60.7 Å². The molecule has 0 aliphatic carbocycles. The van der Waals surface area contributed by atoms with Crippen molar-refractivity contribution < 1.29 is 37.9 Å². The van der Waals surface area contributed by atoms with Crippen LogP contribution in [0.25, 0.3) is 10.8 Å². The van der Waals surface area contributed by atoms with Gasteiger partial charge in [0.05, 0.1) is 28.1 Å². The van der Waals surface area contributed by atoms with Crippen molar-refractivity contribution in [2.75, 3.05) is 5.01 Å². The lowest BCUT2D eigenvalue weighted by Gasteiger charge is -2.11. The summed E-state index contributed by atoms with van der Waals surface area (Å²) in [6.07, 6.45) is 0. The Bertz CT molecular complexity index is 2330. The van der Waals surface area contributed by atoms with Gasteiger partial charge in [0.25, 0.3) is 16.0 Å². The molecule has 5 aromatic rings. The van der Waals surface area contributed by atoms with Crippen molar-refractivity contribution in [3.05, 3.63) is 103 Å². The molecule has 0 radical (unpaired) electrons. The summed E-state index contributed by atoms with van der Waals surface area (Å²) < 4.78 is 34.0. The number of anilines is 1. The van der Waals surface area contributed by atoms with Crippen LogP contribution in [0.5, 0.6) is 11.5 Å². The van der Waals surface area contributed by atoms with Crippen LogP contribution in [0, 0.1) is 0 Å². The zero-order valence-corrected chi connectivity index (χ0v) is 25.6. The summed E-state index contributed by atoms with van der Waals surface area (Å²) in [5, 5.41) is 60.1. The Morgan fingerprint density at radius 3 is 1.96 bits per heavy atom. The predicted octanol–water partition coefficient (Wildman–Crippen LogP) is 7.27. The van der Waals surface area contributed by atoms with Crippen molar-refractivity contribution in [2.45, 2.75) is 10.9 Å². The number of aromatic hydroxyl groups is 2. The molecule has 0 saturated carbocycles. The number of fused-ring (bicyclic) bond motifs is 1. The van der Waals surface area contributed by atoms with Gasteiger partial charge in [0.15, 0.2) is 17.2 Å². The van der Waals surface area contributed by atoms with Gasteiger partial charge in [-0.1, -0.05) is 42.5 Å². The van der Waals surface area contributed by atoms with Crippen molar-refractivity contribution in [3.63, 3.8) is 0 Å². The van der Waals surface area contributed by atoms with E-state index in [4.69, 9.17) is 0 Å². The number of hydrogen-bond acceptors (Lipinski definition) is 13. The molecule has 0 fully saturated rings. The van der Waals surface area contributed by atoms with E-state index in [-0.39, 0.29) is 22.1 Å². The van der Waals surface area contributed by atoms with Crippen LogP contribution in [0.2, 0.25) is 0 Å². The number of benzene rings is 5. The summed E-state index contributed by atoms with van der Waals surface area (Å²) >= 11 is 0. The maximum absolute atomic E-state index is 12.9. The highest BCUT2D eigenvalue weighted by Gasteiger charge is 2.41. The number of carboxylic acid groups (broad SMARTS) is 1. The van der Waals surface area contributed by atoms with Crippen LogP contribution in [0.4, 0.5) is 34.1 Å². The van der Waals surface area contributed by atoms with E-state index in [0.717, 1.165) is 11.1 Å². The topological polar surface area (TPSA) is 239 Å². The summed E-state index contributed by atoms with van der Waals surface area (Å²) in [5.41, 5.74) is 0.0972. The fourth-order valence-corrected chi connectivity index (χ4v) is 5.33. The second kappa shape index (κ2) is 13.2. The summed E-state index contributed by atoms with van der Waals surface area (Å²) in [6.45, 7) is 0. The van der Waals surface area contributed by atoms with Crippen LogP contribution in [-0.4, -0.2) is 51.9 Å². The van der Waals surface area contributed by atoms with Gasteiger partial charge in [-0.15, -0.1) is 10.2 Å². The van der Waals surface area contributed by atoms with Crippen LogP contribution >= 0.6 is 0 Å². The minimum Gasteiger partial charge on any atom is -0.505 e. The van der Waals surface area contributed by atoms with Crippen molar-refractivity contribution in [1.29, 1.82) is 0 Å². The first-order valence-corrected chi connectivity index (χ1v) is 15.5. The molecule has 244 valence electrons. The van der Waals surface area contributed by atoms with Crippen LogP contribution in [-0.2, 0) is 19.7 Å². The molecule has 1 amide bonds. The number of carboxylic acids is 1. The number of aliphatic carboxylic acids is 1. The molecule has 49 heavy (non-hydrogen) atoms. The number of rotatable bonds is 9. The minimum atomic E-state index is -4.86. The summed E-state index contributed by atoms with van der Waals surface area (Å²) in [7, 11) is -4.86. The fourth-order valence-electron chi connectivity index (χ4n) is 4.67. The molecule has 0 saturated heterocycles. The Balaban J connectivity index is 1.24. The molecule has 1 aliphatic heterocycles. The number of amides is 1. The SMILES string of the molecule is O=C(O)C1=NN(c2ccccc2)C(=O)C1/N=N/c1ccc(/N=N/c2ccc3cc(S(=O)(=O)O)c(/N=N/c4ccccc4)c(O)c3c2O)cc1. The Kier molecular flexibility index (Phi) is 8.67. The number of carbonyl (C=O) groups excluding carboxylic acids is 1. The second-order valence-electron chi connectivity index (χ2n) is 10.2. The molecule has 1 unspecified atom stereocenters. The van der Waals surface area contributed by atoms with Crippen LogP contribution in [0.15, 0.2) is 144 Å². The largest absolute Gasteiger partial charge is 0.505 e. The van der Waals surface area contributed by atoms with E-state index in [9.17, 15) is 37.9 Å². The standard InChI is InChI=1S/C32H22N8O8S/c41-29-23(16-11-18-17-24(49(46,47)48)26(30(42)25(18)29)37-34-19-7-3-1-4-8-19)36-33-20-12-14-21(15-13-20)35-38-27-28(32(44)45)39-40(31(27)43)22-9-5-2-6-10-22/h1-17,27,41-42H,(H,44,45)(H,46,47,48)/b36-33+,37-34+,38-35+. The number of para-hydroxylation sites is 1. The number of phenols is 2. The van der Waals surface area contributed by atoms with E-state index in [1.165, 1.54) is 36.4 Å². The molecule has 17 heteroatoms. The first-order valence-electron chi connectivity index (χ1n) is 14.1. The summed E-state index contributed by atoms with van der Waals surface area (Å²) in [5.74, 6) is -3.41. The van der Waals surface area contributed by atoms with Gasteiger partial charge in [-0.25, -0.2) is 4.79 Å². The predicted molar refractivity (Wildman–Crippen MR) is 176 cm³/mol. The van der Waals surface area contributed by atoms with Gasteiger partial charge in [0, 0.05) is 0 Å². The third kappa shape index (κ3) is 6.73. The second-order valence-corrected chi connectivity index (χ2v) is 11.6. The van der Waals surface area contributed by atoms with Gasteiger partial charge in [0.1, 0.15) is 16.3 Å². The number of hydrogen-bond donors (Lipinski definition) is 4. The van der Waals surface area contributed by atoms with E-state index >= 15 is 0 Å². The smallest absolute Gasteiger partial charge is 0.355 e. The van der Waals surface area contributed by atoms with Crippen LogP contribution < -0.4 is 5.01 Å². The highest BCUT2D eigenvalue weighted by molar-refractivity contribution is 7.86. The van der Waals surface area contributed by atoms with Crippen molar-refractivity contribution in [2.24, 2.45) is 35.8 Å². The molecule has 1 atom stereocenters. The van der Waals surface area contributed by atoms with Crippen molar-refractivity contribution in [3.8, 4) is 11.5 Å².